The first-order valence-corrected chi connectivity index (χ1v) is 8.26. The molecule has 0 aliphatic heterocycles. The lowest BCUT2D eigenvalue weighted by atomic mass is 10.1. The predicted octanol–water partition coefficient (Wildman–Crippen LogP) is 3.23. The summed E-state index contributed by atoms with van der Waals surface area (Å²) in [6.45, 7) is 14.8. The normalized spacial score (nSPS) is 14.6. The van der Waals surface area contributed by atoms with Gasteiger partial charge in [-0.2, -0.15) is 0 Å². The zero-order chi connectivity index (χ0) is 10.5. The zero-order valence-electron chi connectivity index (χ0n) is 9.76. The molecule has 0 aromatic rings. The summed E-state index contributed by atoms with van der Waals surface area (Å²) in [4.78, 5) is 0. The van der Waals surface area contributed by atoms with Crippen LogP contribution in [0.25, 0.3) is 0 Å². The molecule has 0 rings (SSSR count). The fraction of sp³-hybridized carbons (Fsp3) is 0.818. The molecule has 0 spiro atoms. The largest absolute Gasteiger partial charge is 0.373 e. The second kappa shape index (κ2) is 5.61. The van der Waals surface area contributed by atoms with Crippen LogP contribution in [-0.2, 0) is 4.74 Å². The fourth-order valence-electron chi connectivity index (χ4n) is 1.40. The molecule has 0 bridgehead atoms. The van der Waals surface area contributed by atoms with E-state index in [0.29, 0.717) is 6.10 Å². The van der Waals surface area contributed by atoms with Crippen LogP contribution in [0.2, 0.25) is 19.1 Å². The standard InChI is InChI=1S/C11H24OSi/c1-7-8-10(9-13(5)6)12-11(2,3)4/h7,10,13H,1,8-9H2,2-6H3. The summed E-state index contributed by atoms with van der Waals surface area (Å²) < 4.78 is 5.95. The van der Waals surface area contributed by atoms with Gasteiger partial charge in [0.15, 0.2) is 0 Å². The van der Waals surface area contributed by atoms with Gasteiger partial charge in [-0.3, -0.25) is 0 Å². The summed E-state index contributed by atoms with van der Waals surface area (Å²) >= 11 is 0. The highest BCUT2D eigenvalue weighted by Crippen LogP contribution is 2.17. The molecule has 1 nitrogen and oxygen atoms in total. The van der Waals surface area contributed by atoms with E-state index >= 15 is 0 Å². The van der Waals surface area contributed by atoms with Crippen LogP contribution in [0.15, 0.2) is 12.7 Å². The average Bonchev–Trinajstić information content (AvgIpc) is 1.81. The average molecular weight is 200 g/mol. The van der Waals surface area contributed by atoms with Crippen molar-refractivity contribution in [1.82, 2.24) is 0 Å². The minimum absolute atomic E-state index is 0.0169. The summed E-state index contributed by atoms with van der Waals surface area (Å²) in [5, 5.41) is 0. The molecule has 0 aliphatic rings. The molecule has 0 heterocycles. The van der Waals surface area contributed by atoms with Crippen LogP contribution >= 0.6 is 0 Å². The smallest absolute Gasteiger partial charge is 0.0602 e. The Labute approximate surface area is 84.8 Å². The summed E-state index contributed by atoms with van der Waals surface area (Å²) in [7, 11) is -0.522. The number of hydrogen-bond donors (Lipinski definition) is 0. The van der Waals surface area contributed by atoms with E-state index < -0.39 is 8.80 Å². The molecule has 78 valence electrons. The zero-order valence-corrected chi connectivity index (χ0v) is 10.9. The Balaban J connectivity index is 4.01. The molecule has 0 aromatic heterocycles. The van der Waals surface area contributed by atoms with Gasteiger partial charge in [-0.1, -0.05) is 19.2 Å². The monoisotopic (exact) mass is 200 g/mol. The lowest BCUT2D eigenvalue weighted by Crippen LogP contribution is -2.29. The Bertz CT molecular complexity index is 147. The molecule has 0 N–H and O–H groups in total. The number of hydrogen-bond acceptors (Lipinski definition) is 1. The van der Waals surface area contributed by atoms with E-state index in [-0.39, 0.29) is 5.60 Å². The van der Waals surface area contributed by atoms with Gasteiger partial charge in [0.1, 0.15) is 0 Å². The number of ether oxygens (including phenoxy) is 1. The molecular weight excluding hydrogens is 176 g/mol. The summed E-state index contributed by atoms with van der Waals surface area (Å²) in [6, 6.07) is 1.25. The Morgan fingerprint density at radius 3 is 2.23 bits per heavy atom. The van der Waals surface area contributed by atoms with Crippen molar-refractivity contribution in [3.05, 3.63) is 12.7 Å². The molecule has 1 atom stereocenters. The quantitative estimate of drug-likeness (QED) is 0.489. The van der Waals surface area contributed by atoms with Gasteiger partial charge in [-0.25, -0.2) is 0 Å². The minimum atomic E-state index is -0.522. The van der Waals surface area contributed by atoms with E-state index in [0.717, 1.165) is 6.42 Å². The van der Waals surface area contributed by atoms with Gasteiger partial charge in [-0.15, -0.1) is 6.58 Å². The maximum absolute atomic E-state index is 5.95. The minimum Gasteiger partial charge on any atom is -0.373 e. The topological polar surface area (TPSA) is 9.23 Å². The van der Waals surface area contributed by atoms with Gasteiger partial charge >= 0.3 is 0 Å². The Morgan fingerprint density at radius 2 is 1.92 bits per heavy atom. The van der Waals surface area contributed by atoms with Crippen LogP contribution in [-0.4, -0.2) is 20.5 Å². The van der Waals surface area contributed by atoms with Crippen molar-refractivity contribution in [3.8, 4) is 0 Å². The lowest BCUT2D eigenvalue weighted by molar-refractivity contribution is -0.0494. The van der Waals surface area contributed by atoms with Crippen LogP contribution in [0.5, 0.6) is 0 Å². The highest BCUT2D eigenvalue weighted by molar-refractivity contribution is 6.55. The van der Waals surface area contributed by atoms with E-state index in [1.807, 2.05) is 6.08 Å². The molecule has 0 aliphatic carbocycles. The SMILES string of the molecule is C=CCC(C[SiH](C)C)OC(C)(C)C. The third kappa shape index (κ3) is 8.25. The molecule has 0 saturated heterocycles. The van der Waals surface area contributed by atoms with Crippen molar-refractivity contribution in [2.45, 2.75) is 58.0 Å². The second-order valence-electron chi connectivity index (χ2n) is 5.01. The molecule has 0 radical (unpaired) electrons. The Kier molecular flexibility index (Phi) is 5.57. The molecule has 0 amide bonds. The van der Waals surface area contributed by atoms with Gasteiger partial charge in [0.2, 0.25) is 0 Å². The van der Waals surface area contributed by atoms with Crippen LogP contribution in [0, 0.1) is 0 Å². The third-order valence-electron chi connectivity index (χ3n) is 1.68. The fourth-order valence-corrected chi connectivity index (χ4v) is 2.74. The Hall–Kier alpha value is -0.0831. The van der Waals surface area contributed by atoms with Crippen LogP contribution in [0.3, 0.4) is 0 Å². The van der Waals surface area contributed by atoms with Gasteiger partial charge in [0.25, 0.3) is 0 Å². The van der Waals surface area contributed by atoms with Crippen molar-refractivity contribution >= 4 is 8.80 Å². The van der Waals surface area contributed by atoms with Gasteiger partial charge < -0.3 is 4.74 Å². The van der Waals surface area contributed by atoms with Gasteiger partial charge in [0, 0.05) is 8.80 Å². The van der Waals surface area contributed by atoms with Crippen LogP contribution in [0.1, 0.15) is 27.2 Å². The van der Waals surface area contributed by atoms with E-state index in [2.05, 4.69) is 40.4 Å². The van der Waals surface area contributed by atoms with E-state index in [4.69, 9.17) is 4.74 Å². The molecule has 0 aromatic carbocycles. The second-order valence-corrected chi connectivity index (χ2v) is 8.27. The first-order chi connectivity index (χ1) is 5.85. The summed E-state index contributed by atoms with van der Waals surface area (Å²) in [5.74, 6) is 0. The summed E-state index contributed by atoms with van der Waals surface area (Å²) in [6.07, 6.45) is 3.35. The first kappa shape index (κ1) is 12.9. The van der Waals surface area contributed by atoms with Crippen molar-refractivity contribution in [2.75, 3.05) is 0 Å². The maximum Gasteiger partial charge on any atom is 0.0602 e. The molecular formula is C11H24OSi. The van der Waals surface area contributed by atoms with E-state index in [1.165, 1.54) is 6.04 Å². The maximum atomic E-state index is 5.95. The highest BCUT2D eigenvalue weighted by Gasteiger charge is 2.18. The first-order valence-electron chi connectivity index (χ1n) is 5.14. The van der Waals surface area contributed by atoms with Gasteiger partial charge in [0.05, 0.1) is 11.7 Å². The van der Waals surface area contributed by atoms with Crippen LogP contribution in [0.4, 0.5) is 0 Å². The molecule has 2 heteroatoms. The molecule has 0 fully saturated rings. The predicted molar refractivity (Wildman–Crippen MR) is 63.1 cm³/mol. The molecule has 1 unspecified atom stereocenters. The van der Waals surface area contributed by atoms with Gasteiger partial charge in [-0.05, 0) is 33.2 Å². The van der Waals surface area contributed by atoms with E-state index in [1.54, 1.807) is 0 Å². The van der Waals surface area contributed by atoms with Crippen molar-refractivity contribution in [3.63, 3.8) is 0 Å². The third-order valence-corrected chi connectivity index (χ3v) is 3.15. The van der Waals surface area contributed by atoms with Crippen molar-refractivity contribution in [1.29, 1.82) is 0 Å². The van der Waals surface area contributed by atoms with Crippen molar-refractivity contribution in [2.24, 2.45) is 0 Å². The highest BCUT2D eigenvalue weighted by atomic mass is 28.3. The van der Waals surface area contributed by atoms with Crippen LogP contribution < -0.4 is 0 Å². The van der Waals surface area contributed by atoms with Crippen molar-refractivity contribution < 1.29 is 4.74 Å². The summed E-state index contributed by atoms with van der Waals surface area (Å²) in [5.41, 5.74) is -0.0169. The molecule has 13 heavy (non-hydrogen) atoms. The Morgan fingerprint density at radius 1 is 1.38 bits per heavy atom. The molecule has 0 saturated carbocycles. The number of rotatable bonds is 5. The lowest BCUT2D eigenvalue weighted by Gasteiger charge is -2.27. The van der Waals surface area contributed by atoms with E-state index in [9.17, 15) is 0 Å².